The molecule has 1 atom stereocenters. The molecule has 0 bridgehead atoms. The smallest absolute Gasteiger partial charge is 0.142 e. The lowest BCUT2D eigenvalue weighted by atomic mass is 10.1. The van der Waals surface area contributed by atoms with Crippen LogP contribution in [-0.4, -0.2) is 31.9 Å². The molecule has 2 rings (SSSR count). The number of ether oxygens (including phenoxy) is 1. The van der Waals surface area contributed by atoms with Gasteiger partial charge in [0.15, 0.2) is 0 Å². The number of hydrogen-bond donors (Lipinski definition) is 1. The van der Waals surface area contributed by atoms with Crippen LogP contribution in [0.3, 0.4) is 0 Å². The van der Waals surface area contributed by atoms with Gasteiger partial charge < -0.3 is 14.7 Å². The van der Waals surface area contributed by atoms with E-state index in [2.05, 4.69) is 4.90 Å². The van der Waals surface area contributed by atoms with Crippen molar-refractivity contribution in [2.24, 2.45) is 5.92 Å². The lowest BCUT2D eigenvalue weighted by Gasteiger charge is -2.21. The zero-order chi connectivity index (χ0) is 12.3. The number of aliphatic hydroxyl groups excluding tert-OH is 1. The van der Waals surface area contributed by atoms with E-state index in [0.717, 1.165) is 42.4 Å². The van der Waals surface area contributed by atoms with E-state index in [9.17, 15) is 0 Å². The van der Waals surface area contributed by atoms with Crippen LogP contribution < -0.4 is 9.64 Å². The summed E-state index contributed by atoms with van der Waals surface area (Å²) >= 11 is 6.03. The molecular formula is C13H18ClNO2. The van der Waals surface area contributed by atoms with Crippen LogP contribution in [0.25, 0.3) is 0 Å². The minimum atomic E-state index is 0.269. The highest BCUT2D eigenvalue weighted by atomic mass is 35.5. The highest BCUT2D eigenvalue weighted by Crippen LogP contribution is 2.35. The van der Waals surface area contributed by atoms with Crippen LogP contribution in [0.5, 0.6) is 5.75 Å². The number of nitrogens with zero attached hydrogens (tertiary/aromatic N) is 1. The third kappa shape index (κ3) is 2.85. The third-order valence-corrected chi connectivity index (χ3v) is 3.54. The molecule has 1 aromatic carbocycles. The van der Waals surface area contributed by atoms with E-state index in [1.165, 1.54) is 0 Å². The molecule has 94 valence electrons. The summed E-state index contributed by atoms with van der Waals surface area (Å²) in [6.45, 7) is 2.24. The summed E-state index contributed by atoms with van der Waals surface area (Å²) in [4.78, 5) is 2.28. The van der Waals surface area contributed by atoms with E-state index in [1.54, 1.807) is 7.11 Å². The number of halogens is 1. The molecule has 0 radical (unpaired) electrons. The van der Waals surface area contributed by atoms with Crippen LogP contribution >= 0.6 is 11.6 Å². The molecule has 17 heavy (non-hydrogen) atoms. The Kier molecular flexibility index (Phi) is 4.13. The fourth-order valence-corrected chi connectivity index (χ4v) is 2.55. The third-order valence-electron chi connectivity index (χ3n) is 3.30. The molecule has 0 saturated carbocycles. The average Bonchev–Trinajstić information content (AvgIpc) is 2.78. The molecule has 1 aliphatic heterocycles. The molecule has 0 spiro atoms. The molecule has 1 fully saturated rings. The number of aliphatic hydroxyl groups is 1. The molecule has 0 aromatic heterocycles. The quantitative estimate of drug-likeness (QED) is 0.898. The normalized spacial score (nSPS) is 19.7. The summed E-state index contributed by atoms with van der Waals surface area (Å²) in [6.07, 6.45) is 2.00. The zero-order valence-corrected chi connectivity index (χ0v) is 10.8. The van der Waals surface area contributed by atoms with Crippen molar-refractivity contribution in [3.63, 3.8) is 0 Å². The van der Waals surface area contributed by atoms with Gasteiger partial charge in [-0.1, -0.05) is 11.6 Å². The van der Waals surface area contributed by atoms with Crippen LogP contribution in [0.4, 0.5) is 5.69 Å². The second kappa shape index (κ2) is 5.61. The molecule has 4 heteroatoms. The van der Waals surface area contributed by atoms with Gasteiger partial charge in [-0.15, -0.1) is 0 Å². The second-order valence-electron chi connectivity index (χ2n) is 4.43. The summed E-state index contributed by atoms with van der Waals surface area (Å²) < 4.78 is 5.36. The van der Waals surface area contributed by atoms with E-state index in [-0.39, 0.29) is 6.61 Å². The number of hydrogen-bond acceptors (Lipinski definition) is 3. The SMILES string of the molecule is COc1ccc(Cl)cc1N1CCC(CCO)C1. The summed E-state index contributed by atoms with van der Waals surface area (Å²) in [7, 11) is 1.67. The van der Waals surface area contributed by atoms with Crippen LogP contribution in [0, 0.1) is 5.92 Å². The fourth-order valence-electron chi connectivity index (χ4n) is 2.38. The van der Waals surface area contributed by atoms with E-state index >= 15 is 0 Å². The van der Waals surface area contributed by atoms with Crippen molar-refractivity contribution < 1.29 is 9.84 Å². The van der Waals surface area contributed by atoms with Crippen LogP contribution in [0.15, 0.2) is 18.2 Å². The first-order chi connectivity index (χ1) is 8.24. The topological polar surface area (TPSA) is 32.7 Å². The van der Waals surface area contributed by atoms with Gasteiger partial charge in [-0.2, -0.15) is 0 Å². The Hall–Kier alpha value is -0.930. The van der Waals surface area contributed by atoms with Gasteiger partial charge >= 0.3 is 0 Å². The van der Waals surface area contributed by atoms with Crippen molar-refractivity contribution in [1.29, 1.82) is 0 Å². The molecule has 1 aliphatic rings. The van der Waals surface area contributed by atoms with Gasteiger partial charge in [-0.05, 0) is 37.0 Å². The van der Waals surface area contributed by atoms with Crippen molar-refractivity contribution in [3.8, 4) is 5.75 Å². The van der Waals surface area contributed by atoms with Crippen molar-refractivity contribution >= 4 is 17.3 Å². The summed E-state index contributed by atoms with van der Waals surface area (Å²) in [6, 6.07) is 5.68. The predicted octanol–water partition coefficient (Wildman–Crippen LogP) is 2.56. The lowest BCUT2D eigenvalue weighted by Crippen LogP contribution is -2.20. The highest BCUT2D eigenvalue weighted by Gasteiger charge is 2.24. The van der Waals surface area contributed by atoms with Crippen molar-refractivity contribution in [3.05, 3.63) is 23.2 Å². The summed E-state index contributed by atoms with van der Waals surface area (Å²) in [5, 5.41) is 9.69. The Bertz CT molecular complexity index is 384. The molecule has 1 heterocycles. The Morgan fingerprint density at radius 1 is 1.53 bits per heavy atom. The maximum absolute atomic E-state index is 8.96. The van der Waals surface area contributed by atoms with Crippen LogP contribution in [0.1, 0.15) is 12.8 Å². The molecular weight excluding hydrogens is 238 g/mol. The Balaban J connectivity index is 2.14. The number of rotatable bonds is 4. The van der Waals surface area contributed by atoms with Crippen molar-refractivity contribution in [1.82, 2.24) is 0 Å². The van der Waals surface area contributed by atoms with E-state index in [1.807, 2.05) is 18.2 Å². The van der Waals surface area contributed by atoms with Gasteiger partial charge in [0.1, 0.15) is 5.75 Å². The zero-order valence-electron chi connectivity index (χ0n) is 10.0. The summed E-state index contributed by atoms with van der Waals surface area (Å²) in [5.41, 5.74) is 1.06. The first-order valence-corrected chi connectivity index (χ1v) is 6.31. The maximum Gasteiger partial charge on any atom is 0.142 e. The van der Waals surface area contributed by atoms with Crippen molar-refractivity contribution in [2.75, 3.05) is 31.7 Å². The minimum Gasteiger partial charge on any atom is -0.495 e. The highest BCUT2D eigenvalue weighted by molar-refractivity contribution is 6.30. The Labute approximate surface area is 107 Å². The molecule has 1 saturated heterocycles. The fraction of sp³-hybridized carbons (Fsp3) is 0.538. The van der Waals surface area contributed by atoms with Crippen LogP contribution in [-0.2, 0) is 0 Å². The van der Waals surface area contributed by atoms with Crippen molar-refractivity contribution in [2.45, 2.75) is 12.8 Å². The standard InChI is InChI=1S/C13H18ClNO2/c1-17-13-3-2-11(14)8-12(13)15-6-4-10(9-15)5-7-16/h2-3,8,10,16H,4-7,9H2,1H3. The monoisotopic (exact) mass is 255 g/mol. The minimum absolute atomic E-state index is 0.269. The molecule has 0 amide bonds. The Morgan fingerprint density at radius 2 is 2.35 bits per heavy atom. The first kappa shape index (κ1) is 12.5. The number of anilines is 1. The van der Waals surface area contributed by atoms with Gasteiger partial charge in [0, 0.05) is 24.7 Å². The van der Waals surface area contributed by atoms with E-state index < -0.39 is 0 Å². The average molecular weight is 256 g/mol. The van der Waals surface area contributed by atoms with E-state index in [4.69, 9.17) is 21.4 Å². The van der Waals surface area contributed by atoms with Crippen LogP contribution in [0.2, 0.25) is 5.02 Å². The van der Waals surface area contributed by atoms with Gasteiger partial charge in [0.2, 0.25) is 0 Å². The van der Waals surface area contributed by atoms with E-state index in [0.29, 0.717) is 5.92 Å². The molecule has 1 N–H and O–H groups in total. The van der Waals surface area contributed by atoms with Gasteiger partial charge in [0.05, 0.1) is 12.8 Å². The number of benzene rings is 1. The lowest BCUT2D eigenvalue weighted by molar-refractivity contribution is 0.263. The maximum atomic E-state index is 8.96. The molecule has 3 nitrogen and oxygen atoms in total. The van der Waals surface area contributed by atoms with Gasteiger partial charge in [-0.25, -0.2) is 0 Å². The van der Waals surface area contributed by atoms with Gasteiger partial charge in [-0.3, -0.25) is 0 Å². The number of methoxy groups -OCH3 is 1. The summed E-state index contributed by atoms with van der Waals surface area (Å²) in [5.74, 6) is 1.43. The molecule has 0 aliphatic carbocycles. The molecule has 1 aromatic rings. The largest absolute Gasteiger partial charge is 0.495 e. The Morgan fingerprint density at radius 3 is 3.06 bits per heavy atom. The second-order valence-corrected chi connectivity index (χ2v) is 4.87. The van der Waals surface area contributed by atoms with Gasteiger partial charge in [0.25, 0.3) is 0 Å². The predicted molar refractivity (Wildman–Crippen MR) is 70.0 cm³/mol. The first-order valence-electron chi connectivity index (χ1n) is 5.94. The molecule has 1 unspecified atom stereocenters.